The van der Waals surface area contributed by atoms with Crippen molar-refractivity contribution in [2.24, 2.45) is 0 Å². The van der Waals surface area contributed by atoms with E-state index in [-0.39, 0.29) is 18.4 Å². The largest absolute Gasteiger partial charge is 0.343 e. The van der Waals surface area contributed by atoms with Crippen molar-refractivity contribution in [3.05, 3.63) is 65.0 Å². The Bertz CT molecular complexity index is 1080. The lowest BCUT2D eigenvalue weighted by Gasteiger charge is -2.10. The highest BCUT2D eigenvalue weighted by molar-refractivity contribution is 5.99. The lowest BCUT2D eigenvalue weighted by atomic mass is 10.1. The van der Waals surface area contributed by atoms with Gasteiger partial charge in [-0.2, -0.15) is 4.98 Å². The average molecular weight is 418 g/mol. The van der Waals surface area contributed by atoms with Crippen molar-refractivity contribution in [1.82, 2.24) is 15.5 Å². The topological polar surface area (TPSA) is 97.1 Å². The molecule has 4 rings (SSSR count). The predicted molar refractivity (Wildman–Crippen MR) is 118 cm³/mol. The summed E-state index contributed by atoms with van der Waals surface area (Å²) in [6, 6.07) is 12.7. The maximum absolute atomic E-state index is 12.4. The van der Waals surface area contributed by atoms with Crippen LogP contribution in [0.1, 0.15) is 59.0 Å². The first-order valence-corrected chi connectivity index (χ1v) is 10.6. The van der Waals surface area contributed by atoms with Crippen LogP contribution in [0.5, 0.6) is 0 Å². The highest BCUT2D eigenvalue weighted by Crippen LogP contribution is 2.33. The van der Waals surface area contributed by atoms with Gasteiger partial charge in [-0.25, -0.2) is 0 Å². The third kappa shape index (κ3) is 4.99. The van der Waals surface area contributed by atoms with Crippen LogP contribution in [0.25, 0.3) is 11.4 Å². The molecule has 31 heavy (non-hydrogen) atoms. The number of aromatic nitrogens is 2. The van der Waals surface area contributed by atoms with Gasteiger partial charge in [0.2, 0.25) is 17.6 Å². The zero-order valence-corrected chi connectivity index (χ0v) is 17.8. The van der Waals surface area contributed by atoms with E-state index in [0.717, 1.165) is 35.2 Å². The maximum Gasteiger partial charge on any atom is 0.251 e. The number of anilines is 1. The van der Waals surface area contributed by atoms with Crippen LogP contribution in [0, 0.1) is 13.8 Å². The van der Waals surface area contributed by atoms with Crippen LogP contribution in [0.4, 0.5) is 5.69 Å². The van der Waals surface area contributed by atoms with Crippen molar-refractivity contribution >= 4 is 17.5 Å². The van der Waals surface area contributed by atoms with Crippen molar-refractivity contribution in [2.45, 2.75) is 45.4 Å². The number of hydrogen-bond donors (Lipinski definition) is 2. The van der Waals surface area contributed by atoms with Gasteiger partial charge in [-0.3, -0.25) is 9.59 Å². The molecule has 2 N–H and O–H groups in total. The Balaban J connectivity index is 1.32. The van der Waals surface area contributed by atoms with Crippen LogP contribution >= 0.6 is 0 Å². The van der Waals surface area contributed by atoms with Crippen LogP contribution in [0.15, 0.2) is 47.0 Å². The molecule has 0 aliphatic heterocycles. The second-order valence-electron chi connectivity index (χ2n) is 8.06. The Morgan fingerprint density at radius 3 is 2.52 bits per heavy atom. The summed E-state index contributed by atoms with van der Waals surface area (Å²) in [4.78, 5) is 29.1. The number of aryl methyl sites for hydroxylation is 2. The van der Waals surface area contributed by atoms with E-state index in [1.165, 1.54) is 12.8 Å². The molecule has 1 aliphatic rings. The van der Waals surface area contributed by atoms with Crippen LogP contribution in [0.2, 0.25) is 0 Å². The first-order chi connectivity index (χ1) is 15.0. The van der Waals surface area contributed by atoms with E-state index in [1.54, 1.807) is 24.3 Å². The van der Waals surface area contributed by atoms with Crippen molar-refractivity contribution < 1.29 is 14.1 Å². The Morgan fingerprint density at radius 1 is 1.06 bits per heavy atom. The highest BCUT2D eigenvalue weighted by Gasteiger charge is 2.23. The number of rotatable bonds is 6. The summed E-state index contributed by atoms with van der Waals surface area (Å²) in [5.41, 5.74) is 4.10. The zero-order valence-electron chi connectivity index (χ0n) is 17.8. The second kappa shape index (κ2) is 9.12. The third-order valence-electron chi connectivity index (χ3n) is 5.62. The number of nitrogens with one attached hydrogen (secondary N) is 2. The molecule has 7 heteroatoms. The molecule has 2 aromatic carbocycles. The average Bonchev–Trinajstić information content (AvgIpc) is 3.46. The van der Waals surface area contributed by atoms with Gasteiger partial charge in [0.05, 0.1) is 6.54 Å². The van der Waals surface area contributed by atoms with Gasteiger partial charge < -0.3 is 15.2 Å². The smallest absolute Gasteiger partial charge is 0.251 e. The molecule has 0 unspecified atom stereocenters. The Morgan fingerprint density at radius 2 is 1.81 bits per heavy atom. The van der Waals surface area contributed by atoms with Gasteiger partial charge in [0.15, 0.2) is 0 Å². The Hall–Kier alpha value is -3.48. The Labute approximate surface area is 181 Å². The molecule has 3 aromatic rings. The van der Waals surface area contributed by atoms with E-state index in [9.17, 15) is 9.59 Å². The number of carbonyl (C=O) groups is 2. The minimum Gasteiger partial charge on any atom is -0.343 e. The first-order valence-electron chi connectivity index (χ1n) is 10.6. The molecule has 2 amide bonds. The highest BCUT2D eigenvalue weighted by atomic mass is 16.5. The summed E-state index contributed by atoms with van der Waals surface area (Å²) in [7, 11) is 0. The number of benzene rings is 2. The van der Waals surface area contributed by atoms with Crippen molar-refractivity contribution in [2.75, 3.05) is 11.9 Å². The summed E-state index contributed by atoms with van der Waals surface area (Å²) in [5, 5.41) is 9.55. The summed E-state index contributed by atoms with van der Waals surface area (Å²) in [5.74, 6) is 0.997. The fourth-order valence-electron chi connectivity index (χ4n) is 3.87. The second-order valence-corrected chi connectivity index (χ2v) is 8.06. The molecule has 1 heterocycles. The van der Waals surface area contributed by atoms with Gasteiger partial charge >= 0.3 is 0 Å². The monoisotopic (exact) mass is 418 g/mol. The van der Waals surface area contributed by atoms with E-state index in [4.69, 9.17) is 4.52 Å². The molecule has 0 saturated heterocycles. The SMILES string of the molecule is Cc1ccc(NC(=O)CNC(=O)c2ccc(-c3noc(C4CCCC4)n3)cc2)c(C)c1. The molecular weight excluding hydrogens is 392 g/mol. The van der Waals surface area contributed by atoms with Crippen LogP contribution in [-0.4, -0.2) is 28.5 Å². The van der Waals surface area contributed by atoms with Gasteiger partial charge in [-0.1, -0.05) is 47.8 Å². The number of hydrogen-bond acceptors (Lipinski definition) is 5. The molecular formula is C24H26N4O3. The summed E-state index contributed by atoms with van der Waals surface area (Å²) < 4.78 is 5.42. The molecule has 0 atom stereocenters. The number of amides is 2. The molecule has 7 nitrogen and oxygen atoms in total. The van der Waals surface area contributed by atoms with Crippen LogP contribution < -0.4 is 10.6 Å². The van der Waals surface area contributed by atoms with Crippen LogP contribution in [-0.2, 0) is 4.79 Å². The molecule has 1 saturated carbocycles. The van der Waals surface area contributed by atoms with Gasteiger partial charge in [-0.15, -0.1) is 0 Å². The van der Waals surface area contributed by atoms with Crippen molar-refractivity contribution in [3.63, 3.8) is 0 Å². The van der Waals surface area contributed by atoms with Gasteiger partial charge in [0.25, 0.3) is 5.91 Å². The summed E-state index contributed by atoms with van der Waals surface area (Å²) in [6.45, 7) is 3.82. The van der Waals surface area contributed by atoms with Crippen molar-refractivity contribution in [1.29, 1.82) is 0 Å². The normalized spacial score (nSPS) is 13.9. The fourth-order valence-corrected chi connectivity index (χ4v) is 3.87. The number of nitrogens with zero attached hydrogens (tertiary/aromatic N) is 2. The Kier molecular flexibility index (Phi) is 6.11. The van der Waals surface area contributed by atoms with E-state index in [0.29, 0.717) is 23.2 Å². The molecule has 0 spiro atoms. The van der Waals surface area contributed by atoms with E-state index >= 15 is 0 Å². The summed E-state index contributed by atoms with van der Waals surface area (Å²) >= 11 is 0. The standard InChI is InChI=1S/C24H26N4O3/c1-15-7-12-20(16(2)13-15)26-21(29)14-25-23(30)18-10-8-17(9-11-18)22-27-24(31-28-22)19-5-3-4-6-19/h7-13,19H,3-6,14H2,1-2H3,(H,25,30)(H,26,29). The predicted octanol–water partition coefficient (Wildman–Crippen LogP) is 4.38. The molecule has 1 aliphatic carbocycles. The first kappa shape index (κ1) is 20.8. The van der Waals surface area contributed by atoms with Crippen LogP contribution in [0.3, 0.4) is 0 Å². The zero-order chi connectivity index (χ0) is 21.8. The van der Waals surface area contributed by atoms with E-state index < -0.39 is 0 Å². The lowest BCUT2D eigenvalue weighted by molar-refractivity contribution is -0.115. The van der Waals surface area contributed by atoms with Gasteiger partial charge in [0.1, 0.15) is 0 Å². The fraction of sp³-hybridized carbons (Fsp3) is 0.333. The van der Waals surface area contributed by atoms with Gasteiger partial charge in [0, 0.05) is 22.7 Å². The van der Waals surface area contributed by atoms with Gasteiger partial charge in [-0.05, 0) is 50.5 Å². The quantitative estimate of drug-likeness (QED) is 0.619. The minimum absolute atomic E-state index is 0.108. The molecule has 1 fully saturated rings. The van der Waals surface area contributed by atoms with Crippen molar-refractivity contribution in [3.8, 4) is 11.4 Å². The third-order valence-corrected chi connectivity index (χ3v) is 5.62. The summed E-state index contributed by atoms with van der Waals surface area (Å²) in [6.07, 6.45) is 4.60. The molecule has 1 aromatic heterocycles. The number of carbonyl (C=O) groups excluding carboxylic acids is 2. The van der Waals surface area contributed by atoms with E-state index in [1.807, 2.05) is 32.0 Å². The minimum atomic E-state index is -0.318. The van der Waals surface area contributed by atoms with E-state index in [2.05, 4.69) is 20.8 Å². The molecule has 0 bridgehead atoms. The molecule has 160 valence electrons. The lowest BCUT2D eigenvalue weighted by Crippen LogP contribution is -2.33. The molecule has 0 radical (unpaired) electrons. The maximum atomic E-state index is 12.4.